The molecule has 0 aromatic carbocycles. The summed E-state index contributed by atoms with van der Waals surface area (Å²) in [4.78, 5) is 6.14. The predicted octanol–water partition coefficient (Wildman–Crippen LogP) is 0.0401. The standard InChI is InChI=1S/C8H17N3O/c1-11(2)8(9)10-6-4-7(5-6)12-3/h6-7H,4-5H2,1-3H3,(H2,9,10). The van der Waals surface area contributed by atoms with Crippen molar-refractivity contribution < 1.29 is 4.74 Å². The van der Waals surface area contributed by atoms with Crippen LogP contribution in [0, 0.1) is 0 Å². The fraction of sp³-hybridized carbons (Fsp3) is 0.875. The lowest BCUT2D eigenvalue weighted by molar-refractivity contribution is 0.0282. The van der Waals surface area contributed by atoms with E-state index < -0.39 is 0 Å². The van der Waals surface area contributed by atoms with Gasteiger partial charge >= 0.3 is 0 Å². The number of rotatable bonds is 2. The van der Waals surface area contributed by atoms with E-state index >= 15 is 0 Å². The molecule has 0 radical (unpaired) electrons. The number of nitrogens with two attached hydrogens (primary N) is 1. The first-order valence-corrected chi connectivity index (χ1v) is 4.17. The van der Waals surface area contributed by atoms with Crippen LogP contribution in [0.25, 0.3) is 0 Å². The van der Waals surface area contributed by atoms with Gasteiger partial charge in [-0.05, 0) is 12.8 Å². The molecule has 0 aliphatic heterocycles. The molecule has 12 heavy (non-hydrogen) atoms. The Morgan fingerprint density at radius 2 is 2.08 bits per heavy atom. The van der Waals surface area contributed by atoms with Crippen LogP contribution < -0.4 is 5.73 Å². The summed E-state index contributed by atoms with van der Waals surface area (Å²) < 4.78 is 5.13. The molecule has 70 valence electrons. The maximum Gasteiger partial charge on any atom is 0.191 e. The first-order valence-electron chi connectivity index (χ1n) is 4.17. The molecular formula is C8H17N3O. The number of hydrogen-bond acceptors (Lipinski definition) is 2. The number of methoxy groups -OCH3 is 1. The van der Waals surface area contributed by atoms with E-state index in [9.17, 15) is 0 Å². The van der Waals surface area contributed by atoms with Crippen molar-refractivity contribution in [2.75, 3.05) is 21.2 Å². The second kappa shape index (κ2) is 3.76. The van der Waals surface area contributed by atoms with E-state index in [2.05, 4.69) is 4.99 Å². The lowest BCUT2D eigenvalue weighted by Gasteiger charge is -2.31. The Kier molecular flexibility index (Phi) is 2.92. The van der Waals surface area contributed by atoms with Crippen molar-refractivity contribution in [2.24, 2.45) is 10.7 Å². The highest BCUT2D eigenvalue weighted by atomic mass is 16.5. The van der Waals surface area contributed by atoms with Crippen LogP contribution in [0.5, 0.6) is 0 Å². The molecule has 0 amide bonds. The molecular weight excluding hydrogens is 154 g/mol. The zero-order chi connectivity index (χ0) is 9.14. The van der Waals surface area contributed by atoms with Gasteiger partial charge < -0.3 is 15.4 Å². The van der Waals surface area contributed by atoms with Crippen molar-refractivity contribution >= 4 is 5.96 Å². The summed E-state index contributed by atoms with van der Waals surface area (Å²) >= 11 is 0. The van der Waals surface area contributed by atoms with Crippen molar-refractivity contribution in [2.45, 2.75) is 25.0 Å². The van der Waals surface area contributed by atoms with Crippen molar-refractivity contribution in [3.63, 3.8) is 0 Å². The monoisotopic (exact) mass is 171 g/mol. The summed E-state index contributed by atoms with van der Waals surface area (Å²) in [7, 11) is 5.52. The second-order valence-electron chi connectivity index (χ2n) is 3.36. The average molecular weight is 171 g/mol. The van der Waals surface area contributed by atoms with E-state index in [4.69, 9.17) is 10.5 Å². The Labute approximate surface area is 73.4 Å². The van der Waals surface area contributed by atoms with Gasteiger partial charge in [0.25, 0.3) is 0 Å². The van der Waals surface area contributed by atoms with Gasteiger partial charge in [-0.1, -0.05) is 0 Å². The molecule has 1 saturated carbocycles. The molecule has 1 aliphatic carbocycles. The summed E-state index contributed by atoms with van der Waals surface area (Å²) in [6.45, 7) is 0. The van der Waals surface area contributed by atoms with Gasteiger partial charge in [0.15, 0.2) is 5.96 Å². The molecule has 0 aromatic rings. The van der Waals surface area contributed by atoms with Gasteiger partial charge in [0, 0.05) is 21.2 Å². The molecule has 0 spiro atoms. The van der Waals surface area contributed by atoms with Crippen LogP contribution in [0.15, 0.2) is 4.99 Å². The average Bonchev–Trinajstić information content (AvgIpc) is 1.94. The minimum absolute atomic E-state index is 0.373. The maximum absolute atomic E-state index is 5.65. The number of hydrogen-bond donors (Lipinski definition) is 1. The predicted molar refractivity (Wildman–Crippen MR) is 49.1 cm³/mol. The summed E-state index contributed by atoms with van der Waals surface area (Å²) in [5, 5.41) is 0. The third-order valence-electron chi connectivity index (χ3n) is 2.18. The first kappa shape index (κ1) is 9.32. The molecule has 0 bridgehead atoms. The van der Waals surface area contributed by atoms with Gasteiger partial charge in [-0.15, -0.1) is 0 Å². The largest absolute Gasteiger partial charge is 0.381 e. The molecule has 1 rings (SSSR count). The van der Waals surface area contributed by atoms with E-state index in [-0.39, 0.29) is 0 Å². The van der Waals surface area contributed by atoms with Gasteiger partial charge in [0.05, 0.1) is 12.1 Å². The van der Waals surface area contributed by atoms with Gasteiger partial charge in [0.2, 0.25) is 0 Å². The van der Waals surface area contributed by atoms with Crippen LogP contribution in [-0.4, -0.2) is 44.2 Å². The Hall–Kier alpha value is -0.770. The van der Waals surface area contributed by atoms with E-state index in [0.717, 1.165) is 12.8 Å². The van der Waals surface area contributed by atoms with E-state index in [1.54, 1.807) is 7.11 Å². The summed E-state index contributed by atoms with van der Waals surface area (Å²) in [6.07, 6.45) is 2.41. The number of nitrogens with zero attached hydrogens (tertiary/aromatic N) is 2. The fourth-order valence-electron chi connectivity index (χ4n) is 1.14. The van der Waals surface area contributed by atoms with Gasteiger partial charge in [-0.2, -0.15) is 0 Å². The number of ether oxygens (including phenoxy) is 1. The van der Waals surface area contributed by atoms with Crippen LogP contribution in [0.2, 0.25) is 0 Å². The minimum Gasteiger partial charge on any atom is -0.381 e. The zero-order valence-corrected chi connectivity index (χ0v) is 7.95. The van der Waals surface area contributed by atoms with Crippen molar-refractivity contribution in [3.8, 4) is 0 Å². The topological polar surface area (TPSA) is 50.9 Å². The highest BCUT2D eigenvalue weighted by Gasteiger charge is 2.28. The zero-order valence-electron chi connectivity index (χ0n) is 7.95. The van der Waals surface area contributed by atoms with E-state index in [1.165, 1.54) is 0 Å². The molecule has 0 aromatic heterocycles. The first-order chi connectivity index (χ1) is 5.63. The summed E-state index contributed by atoms with van der Waals surface area (Å²) in [5.74, 6) is 0.606. The smallest absolute Gasteiger partial charge is 0.191 e. The minimum atomic E-state index is 0.373. The Morgan fingerprint density at radius 1 is 1.50 bits per heavy atom. The molecule has 0 unspecified atom stereocenters. The van der Waals surface area contributed by atoms with Crippen molar-refractivity contribution in [3.05, 3.63) is 0 Å². The number of guanidine groups is 1. The lowest BCUT2D eigenvalue weighted by atomic mass is 9.90. The van der Waals surface area contributed by atoms with Crippen molar-refractivity contribution in [1.29, 1.82) is 0 Å². The van der Waals surface area contributed by atoms with Gasteiger partial charge in [-0.3, -0.25) is 0 Å². The van der Waals surface area contributed by atoms with E-state index in [1.807, 2.05) is 19.0 Å². The third kappa shape index (κ3) is 2.11. The summed E-state index contributed by atoms with van der Waals surface area (Å²) in [5.41, 5.74) is 5.65. The molecule has 0 heterocycles. The Balaban J connectivity index is 2.30. The second-order valence-corrected chi connectivity index (χ2v) is 3.36. The molecule has 4 nitrogen and oxygen atoms in total. The molecule has 2 N–H and O–H groups in total. The SMILES string of the molecule is COC1CC(N=C(N)N(C)C)C1. The molecule has 0 saturated heterocycles. The fourth-order valence-corrected chi connectivity index (χ4v) is 1.14. The molecule has 0 atom stereocenters. The Morgan fingerprint density at radius 3 is 2.50 bits per heavy atom. The van der Waals surface area contributed by atoms with Gasteiger partial charge in [-0.25, -0.2) is 4.99 Å². The van der Waals surface area contributed by atoms with E-state index in [0.29, 0.717) is 18.1 Å². The molecule has 1 aliphatic rings. The van der Waals surface area contributed by atoms with Crippen LogP contribution >= 0.6 is 0 Å². The van der Waals surface area contributed by atoms with Crippen LogP contribution in [-0.2, 0) is 4.74 Å². The van der Waals surface area contributed by atoms with Gasteiger partial charge in [0.1, 0.15) is 0 Å². The lowest BCUT2D eigenvalue weighted by Crippen LogP contribution is -2.38. The summed E-state index contributed by atoms with van der Waals surface area (Å²) in [6, 6.07) is 0.373. The van der Waals surface area contributed by atoms with Crippen LogP contribution in [0.4, 0.5) is 0 Å². The molecule has 1 fully saturated rings. The Bertz CT molecular complexity index is 173. The third-order valence-corrected chi connectivity index (χ3v) is 2.18. The number of aliphatic imine (C=N–C) groups is 1. The quantitative estimate of drug-likeness (QED) is 0.471. The van der Waals surface area contributed by atoms with Crippen molar-refractivity contribution in [1.82, 2.24) is 4.90 Å². The molecule has 4 heteroatoms. The van der Waals surface area contributed by atoms with Crippen LogP contribution in [0.1, 0.15) is 12.8 Å². The highest BCUT2D eigenvalue weighted by Crippen LogP contribution is 2.25. The highest BCUT2D eigenvalue weighted by molar-refractivity contribution is 5.77. The normalized spacial score (nSPS) is 29.8. The van der Waals surface area contributed by atoms with Crippen LogP contribution in [0.3, 0.4) is 0 Å². The maximum atomic E-state index is 5.65.